The topological polar surface area (TPSA) is 63.7 Å². The predicted octanol–water partition coefficient (Wildman–Crippen LogP) is 0.867. The molecule has 1 fully saturated rings. The smallest absolute Gasteiger partial charge is 0.374 e. The number of hydrogen-bond donors (Lipinski definition) is 0. The first-order valence-corrected chi connectivity index (χ1v) is 4.66. The number of esters is 1. The summed E-state index contributed by atoms with van der Waals surface area (Å²) in [7, 11) is 0. The van der Waals surface area contributed by atoms with Crippen LogP contribution in [0.5, 0.6) is 0 Å². The lowest BCUT2D eigenvalue weighted by atomic mass is 10.4. The summed E-state index contributed by atoms with van der Waals surface area (Å²) >= 11 is 1.21. The molecule has 1 aliphatic rings. The van der Waals surface area contributed by atoms with Crippen LogP contribution in [0.15, 0.2) is 17.5 Å². The van der Waals surface area contributed by atoms with E-state index in [9.17, 15) is 14.4 Å². The van der Waals surface area contributed by atoms with Gasteiger partial charge in [-0.25, -0.2) is 14.5 Å². The summed E-state index contributed by atoms with van der Waals surface area (Å²) in [6.07, 6.45) is -0.895. The number of thiophene rings is 1. The third kappa shape index (κ3) is 1.39. The predicted molar refractivity (Wildman–Crippen MR) is 46.8 cm³/mol. The Labute approximate surface area is 82.9 Å². The molecule has 5 nitrogen and oxygen atoms in total. The number of amides is 2. The standard InChI is InChI=1S/C8H5NO4S/c10-6-4-9(8(12)13-6)7(11)5-2-1-3-14-5/h1-3H,4H2. The molecule has 0 unspecified atom stereocenters. The number of nitrogens with zero attached hydrogens (tertiary/aromatic N) is 1. The molecule has 1 aliphatic heterocycles. The monoisotopic (exact) mass is 211 g/mol. The van der Waals surface area contributed by atoms with Crippen LogP contribution < -0.4 is 0 Å². The molecule has 1 aromatic rings. The van der Waals surface area contributed by atoms with Crippen LogP contribution in [0, 0.1) is 0 Å². The van der Waals surface area contributed by atoms with Gasteiger partial charge in [-0.05, 0) is 11.4 Å². The first-order chi connectivity index (χ1) is 6.68. The van der Waals surface area contributed by atoms with Crippen molar-refractivity contribution in [3.8, 4) is 0 Å². The summed E-state index contributed by atoms with van der Waals surface area (Å²) in [4.78, 5) is 34.4. The van der Waals surface area contributed by atoms with Crippen LogP contribution in [-0.4, -0.2) is 29.4 Å². The Bertz CT molecular complexity index is 397. The molecule has 0 spiro atoms. The van der Waals surface area contributed by atoms with Crippen molar-refractivity contribution >= 4 is 29.3 Å². The lowest BCUT2D eigenvalue weighted by Gasteiger charge is -2.06. The highest BCUT2D eigenvalue weighted by Crippen LogP contribution is 2.15. The number of rotatable bonds is 1. The van der Waals surface area contributed by atoms with Gasteiger partial charge in [-0.15, -0.1) is 11.3 Å². The number of cyclic esters (lactones) is 2. The zero-order valence-corrected chi connectivity index (χ0v) is 7.74. The molecule has 0 atom stereocenters. The SMILES string of the molecule is O=C1CN(C(=O)c2cccs2)C(=O)O1. The van der Waals surface area contributed by atoms with Crippen molar-refractivity contribution in [1.29, 1.82) is 0 Å². The van der Waals surface area contributed by atoms with Crippen LogP contribution >= 0.6 is 11.3 Å². The van der Waals surface area contributed by atoms with E-state index < -0.39 is 18.0 Å². The van der Waals surface area contributed by atoms with Crippen molar-refractivity contribution in [2.75, 3.05) is 6.54 Å². The molecule has 6 heteroatoms. The van der Waals surface area contributed by atoms with E-state index in [2.05, 4.69) is 4.74 Å². The normalized spacial score (nSPS) is 15.9. The molecule has 0 bridgehead atoms. The maximum Gasteiger partial charge on any atom is 0.425 e. The van der Waals surface area contributed by atoms with Crippen LogP contribution in [0.25, 0.3) is 0 Å². The van der Waals surface area contributed by atoms with E-state index in [0.29, 0.717) is 4.88 Å². The second-order valence-corrected chi connectivity index (χ2v) is 3.56. The molecule has 1 saturated heterocycles. The van der Waals surface area contributed by atoms with Gasteiger partial charge in [0.2, 0.25) is 0 Å². The fourth-order valence-electron chi connectivity index (χ4n) is 1.07. The van der Waals surface area contributed by atoms with Crippen molar-refractivity contribution < 1.29 is 19.1 Å². The van der Waals surface area contributed by atoms with Gasteiger partial charge in [-0.2, -0.15) is 0 Å². The van der Waals surface area contributed by atoms with E-state index in [-0.39, 0.29) is 6.54 Å². The number of imide groups is 1. The van der Waals surface area contributed by atoms with Crippen LogP contribution in [0.3, 0.4) is 0 Å². The first-order valence-electron chi connectivity index (χ1n) is 3.78. The van der Waals surface area contributed by atoms with Crippen molar-refractivity contribution in [2.45, 2.75) is 0 Å². The summed E-state index contributed by atoms with van der Waals surface area (Å²) in [6, 6.07) is 3.28. The van der Waals surface area contributed by atoms with E-state index in [1.165, 1.54) is 11.3 Å². The van der Waals surface area contributed by atoms with Gasteiger partial charge in [0.05, 0.1) is 4.88 Å². The lowest BCUT2D eigenvalue weighted by molar-refractivity contribution is -0.132. The highest BCUT2D eigenvalue weighted by molar-refractivity contribution is 7.12. The minimum absolute atomic E-state index is 0.296. The summed E-state index contributed by atoms with van der Waals surface area (Å²) in [5.74, 6) is -1.18. The van der Waals surface area contributed by atoms with Gasteiger partial charge in [-0.3, -0.25) is 4.79 Å². The molecule has 14 heavy (non-hydrogen) atoms. The number of hydrogen-bond acceptors (Lipinski definition) is 5. The number of ether oxygens (including phenoxy) is 1. The average molecular weight is 211 g/mol. The molecule has 0 N–H and O–H groups in total. The third-order valence-corrected chi connectivity index (χ3v) is 2.54. The van der Waals surface area contributed by atoms with Gasteiger partial charge < -0.3 is 4.74 Å². The molecule has 1 aromatic heterocycles. The molecule has 2 heterocycles. The number of carbonyl (C=O) groups excluding carboxylic acids is 3. The molecular weight excluding hydrogens is 206 g/mol. The fourth-order valence-corrected chi connectivity index (χ4v) is 1.74. The fraction of sp³-hybridized carbons (Fsp3) is 0.125. The van der Waals surface area contributed by atoms with Crippen molar-refractivity contribution in [3.63, 3.8) is 0 Å². The Kier molecular flexibility index (Phi) is 2.05. The highest BCUT2D eigenvalue weighted by atomic mass is 32.1. The molecular formula is C8H5NO4S. The lowest BCUT2D eigenvalue weighted by Crippen LogP contribution is -2.31. The van der Waals surface area contributed by atoms with E-state index in [4.69, 9.17) is 0 Å². The quantitative estimate of drug-likeness (QED) is 0.510. The minimum Gasteiger partial charge on any atom is -0.374 e. The molecule has 0 saturated carbocycles. The van der Waals surface area contributed by atoms with E-state index in [0.717, 1.165) is 4.90 Å². The summed E-state index contributed by atoms with van der Waals surface area (Å²) in [5.41, 5.74) is 0. The maximum atomic E-state index is 11.5. The van der Waals surface area contributed by atoms with E-state index >= 15 is 0 Å². The van der Waals surface area contributed by atoms with Crippen LogP contribution in [0.1, 0.15) is 9.67 Å². The highest BCUT2D eigenvalue weighted by Gasteiger charge is 2.35. The average Bonchev–Trinajstić information content (AvgIpc) is 2.73. The molecule has 2 rings (SSSR count). The zero-order chi connectivity index (χ0) is 10.1. The van der Waals surface area contributed by atoms with Gasteiger partial charge in [-0.1, -0.05) is 6.07 Å². The maximum absolute atomic E-state index is 11.5. The third-order valence-electron chi connectivity index (χ3n) is 1.69. The molecule has 0 radical (unpaired) electrons. The molecule has 2 amide bonds. The van der Waals surface area contributed by atoms with Crippen molar-refractivity contribution in [1.82, 2.24) is 4.90 Å². The van der Waals surface area contributed by atoms with Gasteiger partial charge in [0.1, 0.15) is 6.54 Å². The zero-order valence-electron chi connectivity index (χ0n) is 6.93. The summed E-state index contributed by atoms with van der Waals surface area (Å²) < 4.78 is 4.22. The van der Waals surface area contributed by atoms with Gasteiger partial charge in [0, 0.05) is 0 Å². The summed E-state index contributed by atoms with van der Waals surface area (Å²) in [5, 5.41) is 1.72. The van der Waals surface area contributed by atoms with Crippen LogP contribution in [0.4, 0.5) is 4.79 Å². The Morgan fingerprint density at radius 1 is 1.50 bits per heavy atom. The first kappa shape index (κ1) is 8.89. The van der Waals surface area contributed by atoms with Gasteiger partial charge in [0.15, 0.2) is 0 Å². The molecule has 72 valence electrons. The Morgan fingerprint density at radius 3 is 2.79 bits per heavy atom. The van der Waals surface area contributed by atoms with Crippen molar-refractivity contribution in [3.05, 3.63) is 22.4 Å². The van der Waals surface area contributed by atoms with E-state index in [1.54, 1.807) is 17.5 Å². The van der Waals surface area contributed by atoms with Crippen molar-refractivity contribution in [2.24, 2.45) is 0 Å². The van der Waals surface area contributed by atoms with Gasteiger partial charge in [0.25, 0.3) is 5.91 Å². The molecule has 0 aliphatic carbocycles. The van der Waals surface area contributed by atoms with Crippen LogP contribution in [-0.2, 0) is 9.53 Å². The van der Waals surface area contributed by atoms with Gasteiger partial charge >= 0.3 is 12.1 Å². The summed E-state index contributed by atoms with van der Waals surface area (Å²) in [6.45, 7) is -0.296. The largest absolute Gasteiger partial charge is 0.425 e. The number of carbonyl (C=O) groups is 3. The Morgan fingerprint density at radius 2 is 2.29 bits per heavy atom. The van der Waals surface area contributed by atoms with E-state index in [1.807, 2.05) is 0 Å². The Hall–Kier alpha value is -1.69. The second-order valence-electron chi connectivity index (χ2n) is 2.61. The minimum atomic E-state index is -0.895. The molecule has 0 aromatic carbocycles. The second kappa shape index (κ2) is 3.22. The Balaban J connectivity index is 2.21. The van der Waals surface area contributed by atoms with Crippen LogP contribution in [0.2, 0.25) is 0 Å².